The van der Waals surface area contributed by atoms with Crippen molar-refractivity contribution in [1.29, 1.82) is 0 Å². The zero-order chi connectivity index (χ0) is 12.0. The number of hydrogen-bond donors (Lipinski definition) is 1. The van der Waals surface area contributed by atoms with Gasteiger partial charge in [-0.15, -0.1) is 11.3 Å². The molecule has 1 N–H and O–H groups in total. The summed E-state index contributed by atoms with van der Waals surface area (Å²) in [5.74, 6) is 0. The molecule has 0 aliphatic rings. The number of ether oxygens (including phenoxy) is 2. The van der Waals surface area contributed by atoms with Crippen LogP contribution in [-0.2, 0) is 22.4 Å². The fourth-order valence-corrected chi connectivity index (χ4v) is 2.27. The summed E-state index contributed by atoms with van der Waals surface area (Å²) in [6, 6.07) is 0.155. The van der Waals surface area contributed by atoms with E-state index in [4.69, 9.17) is 9.47 Å². The summed E-state index contributed by atoms with van der Waals surface area (Å²) in [5, 5.41) is 4.54. The third-order valence-corrected chi connectivity index (χ3v) is 3.52. The summed E-state index contributed by atoms with van der Waals surface area (Å²) in [5.41, 5.74) is 0. The molecular weight excluding hydrogens is 224 g/mol. The van der Waals surface area contributed by atoms with Crippen molar-refractivity contribution in [1.82, 2.24) is 10.3 Å². The smallest absolute Gasteiger partial charge is 0.171 e. The minimum Gasteiger partial charge on any atom is -0.354 e. The Hall–Kier alpha value is -0.490. The highest BCUT2D eigenvalue weighted by Gasteiger charge is 2.15. The SMILES string of the molecule is CCc1ncc(CNC(C)C(OC)OC)s1. The average Bonchev–Trinajstić information content (AvgIpc) is 2.76. The minimum atomic E-state index is -0.210. The van der Waals surface area contributed by atoms with Gasteiger partial charge in [0.05, 0.1) is 11.0 Å². The standard InChI is InChI=1S/C11H20N2O2S/c1-5-10-13-7-9(16-10)6-12-8(2)11(14-3)15-4/h7-8,11-12H,5-6H2,1-4H3. The number of hydrogen-bond acceptors (Lipinski definition) is 5. The van der Waals surface area contributed by atoms with Crippen molar-refractivity contribution in [2.24, 2.45) is 0 Å². The van der Waals surface area contributed by atoms with Crippen LogP contribution in [0, 0.1) is 0 Å². The predicted octanol–water partition coefficient (Wildman–Crippen LogP) is 1.80. The van der Waals surface area contributed by atoms with Gasteiger partial charge < -0.3 is 14.8 Å². The monoisotopic (exact) mass is 244 g/mol. The molecule has 0 bridgehead atoms. The number of thiazole rings is 1. The second-order valence-electron chi connectivity index (χ2n) is 3.58. The quantitative estimate of drug-likeness (QED) is 0.743. The second-order valence-corrected chi connectivity index (χ2v) is 4.78. The third kappa shape index (κ3) is 3.83. The van der Waals surface area contributed by atoms with Crippen molar-refractivity contribution in [2.45, 2.75) is 39.1 Å². The van der Waals surface area contributed by atoms with Crippen LogP contribution in [0.3, 0.4) is 0 Å². The van der Waals surface area contributed by atoms with E-state index in [1.165, 1.54) is 9.88 Å². The molecule has 0 amide bonds. The molecule has 1 aromatic rings. The summed E-state index contributed by atoms with van der Waals surface area (Å²) in [6.07, 6.45) is 2.72. The Morgan fingerprint density at radius 2 is 2.12 bits per heavy atom. The largest absolute Gasteiger partial charge is 0.354 e. The molecule has 1 atom stereocenters. The summed E-state index contributed by atoms with van der Waals surface area (Å²) < 4.78 is 10.4. The van der Waals surface area contributed by atoms with Crippen LogP contribution in [0.2, 0.25) is 0 Å². The van der Waals surface area contributed by atoms with Crippen LogP contribution in [0.25, 0.3) is 0 Å². The Labute approximate surface area is 101 Å². The Morgan fingerprint density at radius 3 is 2.62 bits per heavy atom. The van der Waals surface area contributed by atoms with Gasteiger partial charge in [0.25, 0.3) is 0 Å². The lowest BCUT2D eigenvalue weighted by molar-refractivity contribution is -0.119. The van der Waals surface area contributed by atoms with E-state index in [2.05, 4.69) is 17.2 Å². The van der Waals surface area contributed by atoms with Gasteiger partial charge in [-0.25, -0.2) is 4.98 Å². The summed E-state index contributed by atoms with van der Waals surface area (Å²) in [7, 11) is 3.29. The van der Waals surface area contributed by atoms with Crippen LogP contribution in [0.1, 0.15) is 23.7 Å². The van der Waals surface area contributed by atoms with E-state index >= 15 is 0 Å². The van der Waals surface area contributed by atoms with E-state index in [1.807, 2.05) is 13.1 Å². The predicted molar refractivity (Wildman–Crippen MR) is 65.6 cm³/mol. The van der Waals surface area contributed by atoms with E-state index in [9.17, 15) is 0 Å². The van der Waals surface area contributed by atoms with Gasteiger partial charge in [0.2, 0.25) is 0 Å². The lowest BCUT2D eigenvalue weighted by Crippen LogP contribution is -2.39. The molecule has 0 radical (unpaired) electrons. The van der Waals surface area contributed by atoms with E-state index < -0.39 is 0 Å². The number of aromatic nitrogens is 1. The van der Waals surface area contributed by atoms with Gasteiger partial charge in [-0.1, -0.05) is 6.92 Å². The minimum absolute atomic E-state index is 0.155. The highest BCUT2D eigenvalue weighted by Crippen LogP contribution is 2.13. The molecule has 92 valence electrons. The Balaban J connectivity index is 2.38. The summed E-state index contributed by atoms with van der Waals surface area (Å²) in [6.45, 7) is 4.96. The lowest BCUT2D eigenvalue weighted by Gasteiger charge is -2.21. The van der Waals surface area contributed by atoms with Crippen molar-refractivity contribution in [3.63, 3.8) is 0 Å². The van der Waals surface area contributed by atoms with Crippen molar-refractivity contribution in [3.05, 3.63) is 16.1 Å². The fourth-order valence-electron chi connectivity index (χ4n) is 1.46. The molecule has 0 aliphatic heterocycles. The number of rotatable bonds is 7. The number of nitrogens with one attached hydrogen (secondary N) is 1. The summed E-state index contributed by atoms with van der Waals surface area (Å²) in [4.78, 5) is 5.56. The van der Waals surface area contributed by atoms with Crippen LogP contribution in [0.4, 0.5) is 0 Å². The molecule has 0 saturated carbocycles. The number of aryl methyl sites for hydroxylation is 1. The van der Waals surface area contributed by atoms with E-state index in [-0.39, 0.29) is 12.3 Å². The van der Waals surface area contributed by atoms with Crippen LogP contribution in [0.5, 0.6) is 0 Å². The second kappa shape index (κ2) is 6.96. The first-order valence-corrected chi connectivity index (χ1v) is 6.25. The Kier molecular flexibility index (Phi) is 5.90. The molecule has 0 spiro atoms. The molecule has 16 heavy (non-hydrogen) atoms. The zero-order valence-corrected chi connectivity index (χ0v) is 11.1. The lowest BCUT2D eigenvalue weighted by atomic mass is 10.3. The molecule has 0 aliphatic carbocycles. The van der Waals surface area contributed by atoms with E-state index in [0.717, 1.165) is 13.0 Å². The van der Waals surface area contributed by atoms with Gasteiger partial charge in [0.15, 0.2) is 6.29 Å². The van der Waals surface area contributed by atoms with Crippen LogP contribution in [-0.4, -0.2) is 31.5 Å². The zero-order valence-electron chi connectivity index (χ0n) is 10.3. The molecule has 1 heterocycles. The molecular formula is C11H20N2O2S. The molecule has 0 saturated heterocycles. The Bertz CT molecular complexity index is 300. The molecule has 4 nitrogen and oxygen atoms in total. The highest BCUT2D eigenvalue weighted by atomic mass is 32.1. The van der Waals surface area contributed by atoms with Crippen molar-refractivity contribution in [3.8, 4) is 0 Å². The molecule has 1 rings (SSSR count). The third-order valence-electron chi connectivity index (χ3n) is 2.38. The van der Waals surface area contributed by atoms with Gasteiger partial charge >= 0.3 is 0 Å². The van der Waals surface area contributed by atoms with Gasteiger partial charge in [-0.05, 0) is 13.3 Å². The highest BCUT2D eigenvalue weighted by molar-refractivity contribution is 7.11. The number of methoxy groups -OCH3 is 2. The van der Waals surface area contributed by atoms with Crippen LogP contribution < -0.4 is 5.32 Å². The first-order chi connectivity index (χ1) is 7.71. The first-order valence-electron chi connectivity index (χ1n) is 5.43. The van der Waals surface area contributed by atoms with Gasteiger partial charge in [0, 0.05) is 31.8 Å². The average molecular weight is 244 g/mol. The van der Waals surface area contributed by atoms with E-state index in [1.54, 1.807) is 25.6 Å². The first kappa shape index (κ1) is 13.6. The maximum Gasteiger partial charge on any atom is 0.171 e. The summed E-state index contributed by atoms with van der Waals surface area (Å²) >= 11 is 1.75. The van der Waals surface area contributed by atoms with Crippen LogP contribution >= 0.6 is 11.3 Å². The maximum absolute atomic E-state index is 5.18. The number of nitrogens with zero attached hydrogens (tertiary/aromatic N) is 1. The maximum atomic E-state index is 5.18. The van der Waals surface area contributed by atoms with Crippen molar-refractivity contribution >= 4 is 11.3 Å². The van der Waals surface area contributed by atoms with Crippen LogP contribution in [0.15, 0.2) is 6.20 Å². The topological polar surface area (TPSA) is 43.4 Å². The van der Waals surface area contributed by atoms with Gasteiger partial charge in [-0.3, -0.25) is 0 Å². The molecule has 1 aromatic heterocycles. The van der Waals surface area contributed by atoms with Gasteiger partial charge in [-0.2, -0.15) is 0 Å². The normalized spacial score (nSPS) is 13.3. The van der Waals surface area contributed by atoms with Crippen molar-refractivity contribution < 1.29 is 9.47 Å². The van der Waals surface area contributed by atoms with Gasteiger partial charge in [0.1, 0.15) is 0 Å². The van der Waals surface area contributed by atoms with E-state index in [0.29, 0.717) is 0 Å². The molecule has 0 aromatic carbocycles. The molecule has 5 heteroatoms. The fraction of sp³-hybridized carbons (Fsp3) is 0.727. The molecule has 1 unspecified atom stereocenters. The molecule has 0 fully saturated rings. The Morgan fingerprint density at radius 1 is 1.44 bits per heavy atom. The van der Waals surface area contributed by atoms with Crippen molar-refractivity contribution in [2.75, 3.05) is 14.2 Å².